The van der Waals surface area contributed by atoms with Crippen LogP contribution in [0.2, 0.25) is 5.02 Å². The molecule has 0 radical (unpaired) electrons. The molecule has 1 aliphatic heterocycles. The van der Waals surface area contributed by atoms with E-state index in [0.717, 1.165) is 18.3 Å². The first-order valence-corrected chi connectivity index (χ1v) is 9.51. The van der Waals surface area contributed by atoms with Crippen LogP contribution in [0, 0.1) is 11.6 Å². The van der Waals surface area contributed by atoms with Gasteiger partial charge >= 0.3 is 0 Å². The number of nitrogens with one attached hydrogen (secondary N) is 1. The van der Waals surface area contributed by atoms with Crippen molar-refractivity contribution in [1.82, 2.24) is 10.3 Å². The van der Waals surface area contributed by atoms with Gasteiger partial charge in [-0.15, -0.1) is 0 Å². The number of hydrazone groups is 1. The molecule has 1 amide bonds. The first-order chi connectivity index (χ1) is 13.8. The van der Waals surface area contributed by atoms with E-state index < -0.39 is 11.6 Å². The number of halogens is 3. The van der Waals surface area contributed by atoms with Crippen molar-refractivity contribution in [2.75, 3.05) is 31.1 Å². The predicted molar refractivity (Wildman–Crippen MR) is 113 cm³/mol. The van der Waals surface area contributed by atoms with Crippen molar-refractivity contribution in [2.24, 2.45) is 10.8 Å². The third kappa shape index (κ3) is 5.18. The second-order valence-electron chi connectivity index (χ2n) is 6.35. The number of rotatable bonds is 4. The zero-order valence-electron chi connectivity index (χ0n) is 15.2. The molecule has 3 rings (SSSR count). The van der Waals surface area contributed by atoms with Gasteiger partial charge in [0.15, 0.2) is 5.11 Å². The molecule has 0 bridgehead atoms. The Morgan fingerprint density at radius 3 is 2.41 bits per heavy atom. The normalized spacial score (nSPS) is 14.3. The molecule has 1 heterocycles. The number of nitrogens with two attached hydrogens (primary N) is 1. The second-order valence-corrected chi connectivity index (χ2v) is 7.22. The molecule has 10 heteroatoms. The quantitative estimate of drug-likeness (QED) is 0.437. The minimum Gasteiger partial charge on any atom is -0.375 e. The fraction of sp³-hybridized carbons (Fsp3) is 0.211. The summed E-state index contributed by atoms with van der Waals surface area (Å²) in [6, 6.07) is 8.82. The fourth-order valence-corrected chi connectivity index (χ4v) is 3.16. The lowest BCUT2D eigenvalue weighted by atomic mass is 10.1. The van der Waals surface area contributed by atoms with Gasteiger partial charge in [-0.2, -0.15) is 5.10 Å². The Balaban J connectivity index is 1.66. The highest BCUT2D eigenvalue weighted by Gasteiger charge is 2.24. The number of hydrogen-bond acceptors (Lipinski definition) is 4. The predicted octanol–water partition coefficient (Wildman–Crippen LogP) is 2.75. The molecule has 2 aromatic rings. The van der Waals surface area contributed by atoms with Crippen LogP contribution >= 0.6 is 23.8 Å². The van der Waals surface area contributed by atoms with Gasteiger partial charge in [-0.05, 0) is 42.5 Å². The molecule has 0 unspecified atom stereocenters. The number of benzene rings is 2. The Labute approximate surface area is 176 Å². The first-order valence-electron chi connectivity index (χ1n) is 8.72. The highest BCUT2D eigenvalue weighted by Crippen LogP contribution is 2.24. The zero-order chi connectivity index (χ0) is 21.0. The van der Waals surface area contributed by atoms with E-state index in [4.69, 9.17) is 17.3 Å². The van der Waals surface area contributed by atoms with E-state index in [2.05, 4.69) is 22.7 Å². The number of amides is 1. The molecular weight excluding hydrogens is 420 g/mol. The number of piperazine rings is 1. The summed E-state index contributed by atoms with van der Waals surface area (Å²) < 4.78 is 28.8. The minimum absolute atomic E-state index is 0.0356. The lowest BCUT2D eigenvalue weighted by Crippen LogP contribution is -2.49. The van der Waals surface area contributed by atoms with Crippen LogP contribution in [0.1, 0.15) is 15.9 Å². The summed E-state index contributed by atoms with van der Waals surface area (Å²) in [6.07, 6.45) is 1.10. The Kier molecular flexibility index (Phi) is 6.60. The summed E-state index contributed by atoms with van der Waals surface area (Å²) >= 11 is 10.4. The Bertz CT molecular complexity index is 946. The maximum atomic E-state index is 14.5. The number of carbonyl (C=O) groups excluding carboxylic acids is 1. The van der Waals surface area contributed by atoms with E-state index in [0.29, 0.717) is 36.8 Å². The Hall–Kier alpha value is -2.78. The summed E-state index contributed by atoms with van der Waals surface area (Å²) in [6.45, 7) is 1.55. The van der Waals surface area contributed by atoms with Gasteiger partial charge in [0, 0.05) is 48.4 Å². The van der Waals surface area contributed by atoms with Crippen LogP contribution in [0.25, 0.3) is 0 Å². The molecule has 152 valence electrons. The van der Waals surface area contributed by atoms with Crippen molar-refractivity contribution in [3.8, 4) is 0 Å². The van der Waals surface area contributed by atoms with E-state index in [-0.39, 0.29) is 22.3 Å². The molecule has 1 aliphatic rings. The van der Waals surface area contributed by atoms with E-state index in [1.807, 2.05) is 0 Å². The summed E-state index contributed by atoms with van der Waals surface area (Å²) in [5, 5.41) is 4.11. The van der Waals surface area contributed by atoms with Crippen molar-refractivity contribution in [2.45, 2.75) is 0 Å². The maximum absolute atomic E-state index is 14.5. The molecule has 1 saturated heterocycles. The average Bonchev–Trinajstić information content (AvgIpc) is 2.70. The summed E-state index contributed by atoms with van der Waals surface area (Å²) in [4.78, 5) is 15.9. The zero-order valence-corrected chi connectivity index (χ0v) is 16.8. The summed E-state index contributed by atoms with van der Waals surface area (Å²) in [5.41, 5.74) is 8.15. The molecule has 0 aromatic heterocycles. The number of anilines is 1. The highest BCUT2D eigenvalue weighted by molar-refractivity contribution is 7.80. The van der Waals surface area contributed by atoms with E-state index in [1.165, 1.54) is 0 Å². The number of hydrogen-bond donors (Lipinski definition) is 2. The van der Waals surface area contributed by atoms with Gasteiger partial charge in [0.1, 0.15) is 11.6 Å². The monoisotopic (exact) mass is 437 g/mol. The van der Waals surface area contributed by atoms with E-state index >= 15 is 0 Å². The molecule has 6 nitrogen and oxygen atoms in total. The van der Waals surface area contributed by atoms with Crippen molar-refractivity contribution in [1.29, 1.82) is 0 Å². The van der Waals surface area contributed by atoms with Crippen LogP contribution in [-0.4, -0.2) is 48.3 Å². The van der Waals surface area contributed by atoms with Crippen molar-refractivity contribution >= 4 is 46.7 Å². The lowest BCUT2D eigenvalue weighted by molar-refractivity contribution is 0.0746. The molecule has 3 N–H and O–H groups in total. The van der Waals surface area contributed by atoms with Gasteiger partial charge in [-0.25, -0.2) is 8.78 Å². The van der Waals surface area contributed by atoms with Crippen molar-refractivity contribution in [3.05, 3.63) is 64.2 Å². The van der Waals surface area contributed by atoms with E-state index in [9.17, 15) is 13.6 Å². The fourth-order valence-electron chi connectivity index (χ4n) is 2.98. The third-order valence-electron chi connectivity index (χ3n) is 4.44. The largest absolute Gasteiger partial charge is 0.375 e. The van der Waals surface area contributed by atoms with Gasteiger partial charge in [0.2, 0.25) is 0 Å². The third-order valence-corrected chi connectivity index (χ3v) is 4.79. The summed E-state index contributed by atoms with van der Waals surface area (Å²) in [5.74, 6) is -1.33. The van der Waals surface area contributed by atoms with Gasteiger partial charge in [-0.1, -0.05) is 11.6 Å². The lowest BCUT2D eigenvalue weighted by Gasteiger charge is -2.36. The topological polar surface area (TPSA) is 74.0 Å². The molecule has 1 fully saturated rings. The molecule has 0 aliphatic carbocycles. The Morgan fingerprint density at radius 1 is 1.14 bits per heavy atom. The smallest absolute Gasteiger partial charge is 0.253 e. The molecule has 0 spiro atoms. The average molecular weight is 438 g/mol. The maximum Gasteiger partial charge on any atom is 0.253 e. The van der Waals surface area contributed by atoms with Crippen LogP contribution in [0.15, 0.2) is 41.5 Å². The van der Waals surface area contributed by atoms with Crippen LogP contribution < -0.4 is 16.1 Å². The van der Waals surface area contributed by atoms with Gasteiger partial charge in [-0.3, -0.25) is 10.2 Å². The molecular formula is C19H18ClF2N5OS. The van der Waals surface area contributed by atoms with Crippen molar-refractivity contribution < 1.29 is 13.6 Å². The van der Waals surface area contributed by atoms with Crippen molar-refractivity contribution in [3.63, 3.8) is 0 Å². The SMILES string of the molecule is NC(=S)N/N=C/c1cc(F)c(N2CCN(C(=O)c3ccc(Cl)cc3)CC2)cc1F. The number of carbonyl (C=O) groups is 1. The van der Waals surface area contributed by atoms with Crippen LogP contribution in [-0.2, 0) is 0 Å². The van der Waals surface area contributed by atoms with Crippen LogP contribution in [0.3, 0.4) is 0 Å². The molecule has 0 saturated carbocycles. The number of thiocarbonyl (C=S) groups is 1. The molecule has 29 heavy (non-hydrogen) atoms. The molecule has 2 aromatic carbocycles. The highest BCUT2D eigenvalue weighted by atomic mass is 35.5. The Morgan fingerprint density at radius 2 is 1.79 bits per heavy atom. The van der Waals surface area contributed by atoms with Gasteiger partial charge in [0.05, 0.1) is 11.9 Å². The standard InChI is InChI=1S/C19H18ClF2N5OS/c20-14-3-1-12(2-4-14)18(28)27-7-5-26(6-8-27)17-10-15(21)13(9-16(17)22)11-24-25-19(23)29/h1-4,9-11H,5-8H2,(H3,23,25,29)/b24-11+. The second kappa shape index (κ2) is 9.15. The number of nitrogens with zero attached hydrogens (tertiary/aromatic N) is 3. The van der Waals surface area contributed by atoms with Gasteiger partial charge < -0.3 is 15.5 Å². The van der Waals surface area contributed by atoms with Crippen LogP contribution in [0.5, 0.6) is 0 Å². The first kappa shape index (κ1) is 20.9. The minimum atomic E-state index is -0.630. The van der Waals surface area contributed by atoms with Crippen LogP contribution in [0.4, 0.5) is 14.5 Å². The van der Waals surface area contributed by atoms with Gasteiger partial charge in [0.25, 0.3) is 5.91 Å². The molecule has 0 atom stereocenters. The summed E-state index contributed by atoms with van der Waals surface area (Å²) in [7, 11) is 0. The van der Waals surface area contributed by atoms with E-state index in [1.54, 1.807) is 34.1 Å².